The minimum absolute atomic E-state index is 0.0927. The summed E-state index contributed by atoms with van der Waals surface area (Å²) in [5.74, 6) is -0.849. The van der Waals surface area contributed by atoms with Gasteiger partial charge in [-0.15, -0.1) is 0 Å². The second kappa shape index (κ2) is 5.35. The summed E-state index contributed by atoms with van der Waals surface area (Å²) in [5, 5.41) is 9.06. The van der Waals surface area contributed by atoms with Crippen molar-refractivity contribution in [1.82, 2.24) is 9.88 Å². The van der Waals surface area contributed by atoms with E-state index in [9.17, 15) is 4.79 Å². The number of hydrogen-bond donors (Lipinski definition) is 1. The van der Waals surface area contributed by atoms with Crippen LogP contribution < -0.4 is 4.74 Å². The Hall–Kier alpha value is -1.62. The molecule has 1 aromatic rings. The molecule has 0 aromatic carbocycles. The van der Waals surface area contributed by atoms with Gasteiger partial charge in [-0.25, -0.2) is 9.78 Å². The number of nitrogens with zero attached hydrogens (tertiary/aromatic N) is 2. The predicted octanol–water partition coefficient (Wildman–Crippen LogP) is 1.81. The molecule has 0 aliphatic rings. The first kappa shape index (κ1) is 14.4. The van der Waals surface area contributed by atoms with Crippen LogP contribution in [0.15, 0.2) is 12.1 Å². The molecule has 0 bridgehead atoms. The molecule has 0 aliphatic heterocycles. The summed E-state index contributed by atoms with van der Waals surface area (Å²) in [5.41, 5.74) is 0.633. The van der Waals surface area contributed by atoms with E-state index in [1.54, 1.807) is 13.0 Å². The van der Waals surface area contributed by atoms with Gasteiger partial charge < -0.3 is 14.7 Å². The summed E-state index contributed by atoms with van der Waals surface area (Å²) < 4.78 is 5.57. The number of rotatable bonds is 5. The lowest BCUT2D eigenvalue weighted by Gasteiger charge is -2.32. The minimum atomic E-state index is -1.03. The fraction of sp³-hybridized carbons (Fsp3) is 0.538. The van der Waals surface area contributed by atoms with Crippen LogP contribution in [0.3, 0.4) is 0 Å². The van der Waals surface area contributed by atoms with Gasteiger partial charge in [0.25, 0.3) is 0 Å². The number of aromatic nitrogens is 1. The van der Waals surface area contributed by atoms with Gasteiger partial charge in [0.1, 0.15) is 12.2 Å². The van der Waals surface area contributed by atoms with E-state index in [0.29, 0.717) is 6.61 Å². The van der Waals surface area contributed by atoms with E-state index >= 15 is 0 Å². The highest BCUT2D eigenvalue weighted by Crippen LogP contribution is 2.19. The lowest BCUT2D eigenvalue weighted by Crippen LogP contribution is -2.43. The van der Waals surface area contributed by atoms with Crippen LogP contribution in [0.4, 0.5) is 0 Å². The number of carboxylic acids is 1. The number of likely N-dealkylation sites (N-methyl/N-ethyl adjacent to an activating group) is 1. The maximum atomic E-state index is 11.1. The molecule has 1 aromatic heterocycles. The Balaban J connectivity index is 2.90. The molecule has 1 heterocycles. The standard InChI is InChI=1S/C13H20N2O3/c1-9-6-7-10(12(16)17)11(14-9)18-8-13(2,3)15(4)5/h6-7H,8H2,1-5H3,(H,16,17). The third-order valence-corrected chi connectivity index (χ3v) is 3.00. The van der Waals surface area contributed by atoms with E-state index in [2.05, 4.69) is 4.98 Å². The number of aromatic carboxylic acids is 1. The average Bonchev–Trinajstić information content (AvgIpc) is 2.26. The molecule has 0 unspecified atom stereocenters. The molecule has 0 atom stereocenters. The van der Waals surface area contributed by atoms with Crippen molar-refractivity contribution in [2.24, 2.45) is 0 Å². The lowest BCUT2D eigenvalue weighted by molar-refractivity contribution is 0.0681. The predicted molar refractivity (Wildman–Crippen MR) is 69.2 cm³/mol. The van der Waals surface area contributed by atoms with Crippen molar-refractivity contribution in [1.29, 1.82) is 0 Å². The van der Waals surface area contributed by atoms with Crippen LogP contribution in [0.1, 0.15) is 29.9 Å². The van der Waals surface area contributed by atoms with Crippen molar-refractivity contribution in [3.05, 3.63) is 23.4 Å². The van der Waals surface area contributed by atoms with Crippen LogP contribution >= 0.6 is 0 Å². The molecule has 5 nitrogen and oxygen atoms in total. The van der Waals surface area contributed by atoms with Crippen LogP contribution in [-0.2, 0) is 0 Å². The normalized spacial score (nSPS) is 11.7. The summed E-state index contributed by atoms with van der Waals surface area (Å²) in [6.07, 6.45) is 0. The first-order valence-electron chi connectivity index (χ1n) is 5.75. The smallest absolute Gasteiger partial charge is 0.341 e. The molecule has 0 saturated carbocycles. The van der Waals surface area contributed by atoms with Gasteiger partial charge in [0.05, 0.1) is 0 Å². The van der Waals surface area contributed by atoms with E-state index in [1.165, 1.54) is 6.07 Å². The van der Waals surface area contributed by atoms with E-state index in [4.69, 9.17) is 9.84 Å². The van der Waals surface area contributed by atoms with E-state index in [1.807, 2.05) is 32.8 Å². The summed E-state index contributed by atoms with van der Waals surface area (Å²) in [4.78, 5) is 17.2. The molecule has 1 rings (SSSR count). The minimum Gasteiger partial charge on any atom is -0.477 e. The molecule has 100 valence electrons. The Morgan fingerprint density at radius 1 is 1.44 bits per heavy atom. The SMILES string of the molecule is Cc1ccc(C(=O)O)c(OCC(C)(C)N(C)C)n1. The first-order valence-corrected chi connectivity index (χ1v) is 5.75. The van der Waals surface area contributed by atoms with Gasteiger partial charge in [0, 0.05) is 11.2 Å². The van der Waals surface area contributed by atoms with E-state index in [0.717, 1.165) is 5.69 Å². The topological polar surface area (TPSA) is 62.7 Å². The number of ether oxygens (including phenoxy) is 1. The maximum Gasteiger partial charge on any atom is 0.341 e. The third-order valence-electron chi connectivity index (χ3n) is 3.00. The highest BCUT2D eigenvalue weighted by atomic mass is 16.5. The molecular formula is C13H20N2O3. The van der Waals surface area contributed by atoms with Crippen molar-refractivity contribution in [3.63, 3.8) is 0 Å². The highest BCUT2D eigenvalue weighted by molar-refractivity contribution is 5.90. The average molecular weight is 252 g/mol. The monoisotopic (exact) mass is 252 g/mol. The summed E-state index contributed by atoms with van der Waals surface area (Å²) in [6, 6.07) is 3.18. The van der Waals surface area contributed by atoms with Gasteiger partial charge in [-0.2, -0.15) is 0 Å². The number of carboxylic acid groups (broad SMARTS) is 1. The molecule has 1 N–H and O–H groups in total. The molecule has 0 aliphatic carbocycles. The van der Waals surface area contributed by atoms with Crippen molar-refractivity contribution >= 4 is 5.97 Å². The van der Waals surface area contributed by atoms with Crippen molar-refractivity contribution < 1.29 is 14.6 Å². The molecule has 0 radical (unpaired) electrons. The Labute approximate surface area is 107 Å². The third kappa shape index (κ3) is 3.43. The lowest BCUT2D eigenvalue weighted by atomic mass is 10.1. The Morgan fingerprint density at radius 2 is 2.06 bits per heavy atom. The van der Waals surface area contributed by atoms with Gasteiger partial charge in [0.2, 0.25) is 5.88 Å². The molecule has 0 saturated heterocycles. The van der Waals surface area contributed by atoms with E-state index in [-0.39, 0.29) is 17.0 Å². The van der Waals surface area contributed by atoms with Gasteiger partial charge >= 0.3 is 5.97 Å². The van der Waals surface area contributed by atoms with Crippen LogP contribution in [0, 0.1) is 6.92 Å². The van der Waals surface area contributed by atoms with Gasteiger partial charge in [-0.1, -0.05) is 0 Å². The van der Waals surface area contributed by atoms with Crippen LogP contribution in [0.5, 0.6) is 5.88 Å². The molecule has 0 amide bonds. The zero-order chi connectivity index (χ0) is 13.9. The molecule has 0 fully saturated rings. The molecular weight excluding hydrogens is 232 g/mol. The number of pyridine rings is 1. The number of carbonyl (C=O) groups is 1. The maximum absolute atomic E-state index is 11.1. The fourth-order valence-corrected chi connectivity index (χ4v) is 1.18. The highest BCUT2D eigenvalue weighted by Gasteiger charge is 2.23. The largest absolute Gasteiger partial charge is 0.477 e. The molecule has 5 heteroatoms. The summed E-state index contributed by atoms with van der Waals surface area (Å²) >= 11 is 0. The van der Waals surface area contributed by atoms with Gasteiger partial charge in [-0.05, 0) is 47.0 Å². The van der Waals surface area contributed by atoms with E-state index < -0.39 is 5.97 Å². The quantitative estimate of drug-likeness (QED) is 0.866. The van der Waals surface area contributed by atoms with Crippen molar-refractivity contribution in [3.8, 4) is 5.88 Å². The first-order chi connectivity index (χ1) is 8.24. The molecule has 0 spiro atoms. The second-order valence-corrected chi connectivity index (χ2v) is 5.11. The van der Waals surface area contributed by atoms with Crippen LogP contribution in [-0.4, -0.2) is 47.2 Å². The Kier molecular flexibility index (Phi) is 4.29. The zero-order valence-corrected chi connectivity index (χ0v) is 11.5. The molecule has 18 heavy (non-hydrogen) atoms. The zero-order valence-electron chi connectivity index (χ0n) is 11.5. The Morgan fingerprint density at radius 3 is 2.56 bits per heavy atom. The summed E-state index contributed by atoms with van der Waals surface area (Å²) in [6.45, 7) is 6.21. The second-order valence-electron chi connectivity index (χ2n) is 5.11. The number of aryl methyl sites for hydroxylation is 1. The van der Waals surface area contributed by atoms with Crippen molar-refractivity contribution in [2.75, 3.05) is 20.7 Å². The van der Waals surface area contributed by atoms with Gasteiger partial charge in [-0.3, -0.25) is 0 Å². The van der Waals surface area contributed by atoms with Gasteiger partial charge in [0.15, 0.2) is 0 Å². The summed E-state index contributed by atoms with van der Waals surface area (Å²) in [7, 11) is 3.90. The Bertz CT molecular complexity index is 442. The van der Waals surface area contributed by atoms with Crippen LogP contribution in [0.25, 0.3) is 0 Å². The van der Waals surface area contributed by atoms with Crippen molar-refractivity contribution in [2.45, 2.75) is 26.3 Å². The van der Waals surface area contributed by atoms with Crippen LogP contribution in [0.2, 0.25) is 0 Å². The number of hydrogen-bond acceptors (Lipinski definition) is 4. The fourth-order valence-electron chi connectivity index (χ4n) is 1.18.